The Morgan fingerprint density at radius 2 is 1.55 bits per heavy atom. The van der Waals surface area contributed by atoms with Gasteiger partial charge in [-0.25, -0.2) is 8.42 Å². The summed E-state index contributed by atoms with van der Waals surface area (Å²) in [4.78, 5) is 2.38. The van der Waals surface area contributed by atoms with E-state index < -0.39 is 44.4 Å². The SMILES string of the molecule is O=S(=O)(c1ccccc1)C1CC2(c3ccccc3)N(Cc3ccccc3)C1CCC2(O)/C=C(\I)c1cc(OC(F)(F)F)ccc1OC1CC1. The Kier molecular flexibility index (Phi) is 9.08. The van der Waals surface area contributed by atoms with Crippen LogP contribution in [0.3, 0.4) is 0 Å². The number of fused-ring (bicyclic) bond motifs is 2. The van der Waals surface area contributed by atoms with Gasteiger partial charge in [0.05, 0.1) is 21.8 Å². The highest BCUT2D eigenvalue weighted by Crippen LogP contribution is 2.59. The molecule has 49 heavy (non-hydrogen) atoms. The molecule has 1 N–H and O–H groups in total. The minimum absolute atomic E-state index is 0.0355. The van der Waals surface area contributed by atoms with Gasteiger partial charge in [-0.3, -0.25) is 4.90 Å². The van der Waals surface area contributed by atoms with Crippen LogP contribution < -0.4 is 9.47 Å². The van der Waals surface area contributed by atoms with Crippen molar-refractivity contribution in [3.05, 3.63) is 132 Å². The lowest BCUT2D eigenvalue weighted by Gasteiger charge is -2.54. The topological polar surface area (TPSA) is 76.1 Å². The Labute approximate surface area is 297 Å². The Balaban J connectivity index is 1.40. The maximum absolute atomic E-state index is 14.5. The highest BCUT2D eigenvalue weighted by atomic mass is 127. The first-order valence-corrected chi connectivity index (χ1v) is 18.8. The van der Waals surface area contributed by atoms with E-state index in [1.807, 2.05) is 83.3 Å². The van der Waals surface area contributed by atoms with Crippen LogP contribution in [0.2, 0.25) is 0 Å². The Bertz CT molecular complexity index is 1940. The van der Waals surface area contributed by atoms with E-state index in [2.05, 4.69) is 9.64 Å². The Hall–Kier alpha value is -3.39. The molecule has 1 aliphatic carbocycles. The molecule has 1 saturated carbocycles. The number of nitrogens with zero attached hydrogens (tertiary/aromatic N) is 1. The fourth-order valence-corrected chi connectivity index (χ4v) is 10.6. The zero-order valence-electron chi connectivity index (χ0n) is 26.4. The number of benzene rings is 4. The van der Waals surface area contributed by atoms with Crippen molar-refractivity contribution in [2.75, 3.05) is 0 Å². The third kappa shape index (κ3) is 6.62. The maximum Gasteiger partial charge on any atom is 0.573 e. The van der Waals surface area contributed by atoms with Crippen molar-refractivity contribution < 1.29 is 36.2 Å². The fraction of sp³-hybridized carbons (Fsp3) is 0.316. The summed E-state index contributed by atoms with van der Waals surface area (Å²) in [6, 6.07) is 31.2. The van der Waals surface area contributed by atoms with Gasteiger partial charge in [-0.05, 0) is 102 Å². The summed E-state index contributed by atoms with van der Waals surface area (Å²) in [6.45, 7) is 0.374. The van der Waals surface area contributed by atoms with Crippen LogP contribution in [0.15, 0.2) is 120 Å². The Morgan fingerprint density at radius 1 is 0.918 bits per heavy atom. The van der Waals surface area contributed by atoms with E-state index in [4.69, 9.17) is 4.74 Å². The molecule has 2 bridgehead atoms. The molecule has 0 amide bonds. The second-order valence-electron chi connectivity index (χ2n) is 13.0. The van der Waals surface area contributed by atoms with Crippen molar-refractivity contribution in [3.63, 3.8) is 0 Å². The molecule has 4 atom stereocenters. The molecule has 0 radical (unpaired) electrons. The van der Waals surface area contributed by atoms with E-state index in [0.717, 1.165) is 24.0 Å². The summed E-state index contributed by atoms with van der Waals surface area (Å²) < 4.78 is 79.6. The summed E-state index contributed by atoms with van der Waals surface area (Å²) >= 11 is 2.04. The molecular formula is C38H35F3INO5S. The van der Waals surface area contributed by atoms with E-state index in [1.54, 1.807) is 36.4 Å². The zero-order valence-corrected chi connectivity index (χ0v) is 29.4. The molecule has 6 nitrogen and oxygen atoms in total. The van der Waals surface area contributed by atoms with Gasteiger partial charge in [0.1, 0.15) is 17.1 Å². The van der Waals surface area contributed by atoms with Crippen LogP contribution in [-0.4, -0.2) is 47.8 Å². The van der Waals surface area contributed by atoms with Crippen molar-refractivity contribution >= 4 is 36.0 Å². The zero-order chi connectivity index (χ0) is 34.4. The van der Waals surface area contributed by atoms with Gasteiger partial charge < -0.3 is 14.6 Å². The van der Waals surface area contributed by atoms with Crippen molar-refractivity contribution in [1.82, 2.24) is 4.90 Å². The first-order chi connectivity index (χ1) is 23.4. The smallest absolute Gasteiger partial charge is 0.490 e. The van der Waals surface area contributed by atoms with Crippen LogP contribution in [0.4, 0.5) is 13.2 Å². The highest BCUT2D eigenvalue weighted by Gasteiger charge is 2.67. The van der Waals surface area contributed by atoms with Crippen LogP contribution in [0.25, 0.3) is 3.58 Å². The third-order valence-electron chi connectivity index (χ3n) is 9.90. The molecular weight excluding hydrogens is 766 g/mol. The minimum Gasteiger partial charge on any atom is -0.490 e. The second-order valence-corrected chi connectivity index (χ2v) is 16.3. The van der Waals surface area contributed by atoms with E-state index in [9.17, 15) is 26.7 Å². The monoisotopic (exact) mass is 801 g/mol. The Morgan fingerprint density at radius 3 is 2.18 bits per heavy atom. The van der Waals surface area contributed by atoms with Gasteiger partial charge in [0.25, 0.3) is 0 Å². The molecule has 4 unspecified atom stereocenters. The van der Waals surface area contributed by atoms with Crippen LogP contribution in [0, 0.1) is 0 Å². The first-order valence-electron chi connectivity index (χ1n) is 16.2. The molecule has 256 valence electrons. The van der Waals surface area contributed by atoms with Gasteiger partial charge in [-0.15, -0.1) is 13.2 Å². The van der Waals surface area contributed by atoms with Crippen LogP contribution >= 0.6 is 22.6 Å². The highest BCUT2D eigenvalue weighted by molar-refractivity contribution is 14.1. The maximum atomic E-state index is 14.5. The summed E-state index contributed by atoms with van der Waals surface area (Å²) in [5.41, 5.74) is -0.782. The summed E-state index contributed by atoms with van der Waals surface area (Å²) in [6.07, 6.45) is -0.847. The number of piperidine rings is 1. The lowest BCUT2D eigenvalue weighted by Crippen LogP contribution is -2.62. The van der Waals surface area contributed by atoms with E-state index >= 15 is 0 Å². The van der Waals surface area contributed by atoms with E-state index in [1.165, 1.54) is 18.2 Å². The molecule has 0 aromatic heterocycles. The van der Waals surface area contributed by atoms with Gasteiger partial charge in [0.15, 0.2) is 9.84 Å². The number of hydrogen-bond donors (Lipinski definition) is 1. The fourth-order valence-electron chi connectivity index (χ4n) is 7.59. The molecule has 4 aromatic rings. The lowest BCUT2D eigenvalue weighted by molar-refractivity contribution is -0.274. The van der Waals surface area contributed by atoms with Gasteiger partial charge in [-0.2, -0.15) is 0 Å². The molecule has 11 heteroatoms. The average Bonchev–Trinajstić information content (AvgIpc) is 3.86. The number of ether oxygens (including phenoxy) is 2. The van der Waals surface area contributed by atoms with Gasteiger partial charge >= 0.3 is 6.36 Å². The van der Waals surface area contributed by atoms with Crippen LogP contribution in [0.5, 0.6) is 11.5 Å². The van der Waals surface area contributed by atoms with Crippen LogP contribution in [-0.2, 0) is 21.9 Å². The molecule has 0 spiro atoms. The number of halogens is 4. The molecule has 2 saturated heterocycles. The third-order valence-corrected chi connectivity index (χ3v) is 13.0. The van der Waals surface area contributed by atoms with Gasteiger partial charge in [-0.1, -0.05) is 78.9 Å². The van der Waals surface area contributed by atoms with Crippen LogP contribution in [0.1, 0.15) is 48.8 Å². The average molecular weight is 802 g/mol. The van der Waals surface area contributed by atoms with Crippen molar-refractivity contribution in [2.45, 2.75) is 78.4 Å². The molecule has 3 aliphatic rings. The molecule has 2 heterocycles. The second kappa shape index (κ2) is 13.1. The molecule has 4 aromatic carbocycles. The lowest BCUT2D eigenvalue weighted by atomic mass is 9.68. The normalized spacial score (nSPS) is 26.0. The number of hydrogen-bond acceptors (Lipinski definition) is 6. The molecule has 2 aliphatic heterocycles. The largest absolute Gasteiger partial charge is 0.573 e. The molecule has 3 fully saturated rings. The van der Waals surface area contributed by atoms with Gasteiger partial charge in [0.2, 0.25) is 0 Å². The number of aliphatic hydroxyl groups is 1. The summed E-state index contributed by atoms with van der Waals surface area (Å²) in [5.74, 6) is -0.0110. The summed E-state index contributed by atoms with van der Waals surface area (Å²) in [5, 5.41) is 12.3. The molecule has 7 rings (SSSR count). The number of sulfone groups is 1. The predicted octanol–water partition coefficient (Wildman–Crippen LogP) is 8.44. The van der Waals surface area contributed by atoms with E-state index in [-0.39, 0.29) is 23.8 Å². The minimum atomic E-state index is -4.89. The quantitative estimate of drug-likeness (QED) is 0.163. The van der Waals surface area contributed by atoms with Gasteiger partial charge in [0, 0.05) is 21.7 Å². The van der Waals surface area contributed by atoms with E-state index in [0.29, 0.717) is 27.9 Å². The first kappa shape index (κ1) is 34.1. The van der Waals surface area contributed by atoms with Crippen molar-refractivity contribution in [1.29, 1.82) is 0 Å². The predicted molar refractivity (Wildman–Crippen MR) is 189 cm³/mol. The van der Waals surface area contributed by atoms with Crippen molar-refractivity contribution in [2.24, 2.45) is 0 Å². The summed E-state index contributed by atoms with van der Waals surface area (Å²) in [7, 11) is -3.85. The standard InChI is InChI=1S/C38H35F3INO5S/c39-38(40,41)48-29-18-19-34(47-28-16-17-28)31(22-29)32(42)23-36(44)21-20-33-35(49(45,46)30-14-8-3-9-15-30)24-37(36,27-12-6-2-7-13-27)43(33)25-26-10-4-1-5-11-26/h1-15,18-19,22-23,28,33,35,44H,16-17,20-21,24-25H2/b32-23-. The number of rotatable bonds is 10. The van der Waals surface area contributed by atoms with Crippen molar-refractivity contribution in [3.8, 4) is 11.5 Å². The number of alkyl halides is 3.